The lowest BCUT2D eigenvalue weighted by atomic mass is 10.1. The van der Waals surface area contributed by atoms with E-state index >= 15 is 0 Å². The molecule has 0 aliphatic rings. The lowest BCUT2D eigenvalue weighted by Gasteiger charge is -2.43. The monoisotopic (exact) mass is 1890 g/mol. The van der Waals surface area contributed by atoms with E-state index in [-0.39, 0.29) is 47.8 Å². The summed E-state index contributed by atoms with van der Waals surface area (Å²) >= 11 is 0. The average molecular weight is 1890 g/mol. The zero-order valence-corrected chi connectivity index (χ0v) is 87.5. The van der Waals surface area contributed by atoms with Gasteiger partial charge in [-0.2, -0.15) is 0 Å². The van der Waals surface area contributed by atoms with Gasteiger partial charge in [0, 0.05) is 158 Å². The third kappa shape index (κ3) is 77.2. The van der Waals surface area contributed by atoms with E-state index < -0.39 is 61.4 Å². The molecule has 0 aliphatic heterocycles. The Labute approximate surface area is 750 Å². The maximum Gasteiger partial charge on any atom is 0.496 e. The predicted octanol–water partition coefficient (Wildman–Crippen LogP) is 19.1. The number of esters is 8. The van der Waals surface area contributed by atoms with Gasteiger partial charge in [-0.3, -0.25) is 38.4 Å². The van der Waals surface area contributed by atoms with Gasteiger partial charge in [-0.05, 0) is 206 Å². The molecule has 0 spiro atoms. The summed E-state index contributed by atoms with van der Waals surface area (Å²) in [5, 5.41) is 0. The molecule has 0 fully saturated rings. The minimum Gasteiger partial charge on any atom is -0.466 e. The maximum absolute atomic E-state index is 12.0. The summed E-state index contributed by atoms with van der Waals surface area (Å²) in [6, 6.07) is 0. The van der Waals surface area contributed by atoms with E-state index in [0.29, 0.717) is 221 Å². The van der Waals surface area contributed by atoms with Crippen molar-refractivity contribution < 1.29 is 141 Å². The number of carbonyl (C=O) groups excluding carboxylic acids is 8. The number of rotatable bonds is 84. The van der Waals surface area contributed by atoms with Crippen LogP contribution >= 0.6 is 0 Å². The van der Waals surface area contributed by atoms with E-state index in [9.17, 15) is 38.4 Å². The molecular weight excluding hydrogens is 1710 g/mol. The zero-order valence-electron chi connectivity index (χ0n) is 80.5. The molecule has 0 saturated heterocycles. The Bertz CT molecular complexity index is 2590. The summed E-state index contributed by atoms with van der Waals surface area (Å²) in [5.41, 5.74) is 0. The van der Waals surface area contributed by atoms with Gasteiger partial charge in [-0.15, -0.1) is 0 Å². The van der Waals surface area contributed by atoms with Crippen LogP contribution in [0.1, 0.15) is 332 Å². The van der Waals surface area contributed by atoms with E-state index in [1.807, 2.05) is 80.1 Å². The Balaban J connectivity index is -0.00000229. The van der Waals surface area contributed by atoms with E-state index in [4.69, 9.17) is 103 Å². The molecule has 123 heavy (non-hydrogen) atoms. The maximum atomic E-state index is 12.0. The van der Waals surface area contributed by atoms with Crippen LogP contribution in [0.5, 0.6) is 0 Å². The van der Waals surface area contributed by atoms with Crippen LogP contribution in [0.4, 0.5) is 0 Å². The van der Waals surface area contributed by atoms with Crippen LogP contribution in [0.15, 0.2) is 0 Å². The fourth-order valence-electron chi connectivity index (χ4n) is 11.3. The summed E-state index contributed by atoms with van der Waals surface area (Å²) in [6.45, 7) is 39.9. The minimum atomic E-state index is -3.59. The first kappa shape index (κ1) is 124. The van der Waals surface area contributed by atoms with Gasteiger partial charge in [0.05, 0.1) is 52.9 Å². The van der Waals surface area contributed by atoms with Crippen molar-refractivity contribution in [2.75, 3.05) is 120 Å². The molecule has 0 bridgehead atoms. The molecule has 0 N–H and O–H groups in total. The van der Waals surface area contributed by atoms with Crippen molar-refractivity contribution in [2.45, 2.75) is 384 Å². The molecule has 0 radical (unpaired) electrons. The van der Waals surface area contributed by atoms with Gasteiger partial charge in [-0.25, -0.2) is 0 Å². The molecule has 4 unspecified atom stereocenters. The SMILES string of the molecule is CCCCCCC(=O)OCCCCCC(=O)OCCCCCC(=O)OCCCCCC(=O)OCCCCCC(=O)OCCCCCC(=O)OCCCCCC(=O)OCCCCCC(=O)OCCCC.CCCO[Si](C)(C)O[Si](C)(OCCC)O[Si](C)(OCCC)O[Si](C)(OCCC)O[Si](C)(OCCC)O[Si](C)(OCCC)OCCC.CO[Si](C)(OC)OC. The van der Waals surface area contributed by atoms with E-state index in [0.717, 1.165) is 148 Å². The first-order valence-electron chi connectivity index (χ1n) is 46.6. The zero-order chi connectivity index (χ0) is 92.7. The molecule has 0 saturated carbocycles. The van der Waals surface area contributed by atoms with Gasteiger partial charge in [-0.1, -0.05) is 88.0 Å². The highest BCUT2D eigenvalue weighted by Crippen LogP contribution is 2.32. The second-order valence-corrected chi connectivity index (χ2v) is 51.7. The summed E-state index contributed by atoms with van der Waals surface area (Å²) in [7, 11) is -17.2. The van der Waals surface area contributed by atoms with Crippen molar-refractivity contribution in [2.24, 2.45) is 0 Å². The third-order valence-corrected chi connectivity index (χ3v) is 40.9. The number of ether oxygens (including phenoxy) is 8. The summed E-state index contributed by atoms with van der Waals surface area (Å²) in [4.78, 5) is 95.1. The molecule has 38 heteroatoms. The quantitative estimate of drug-likeness (QED) is 0.0236. The summed E-state index contributed by atoms with van der Waals surface area (Å²) in [6.07, 6.45) is 29.3. The molecule has 0 aromatic heterocycles. The lowest BCUT2D eigenvalue weighted by molar-refractivity contribution is -0.146. The number of hydrogen-bond donors (Lipinski definition) is 0. The van der Waals surface area contributed by atoms with Gasteiger partial charge in [0.1, 0.15) is 0 Å². The highest BCUT2D eigenvalue weighted by Gasteiger charge is 2.59. The molecule has 4 atom stereocenters. The van der Waals surface area contributed by atoms with Crippen molar-refractivity contribution in [3.8, 4) is 0 Å². The first-order chi connectivity index (χ1) is 58.7. The van der Waals surface area contributed by atoms with Gasteiger partial charge in [0.15, 0.2) is 0 Å². The molecule has 31 nitrogen and oxygen atoms in total. The molecule has 0 rings (SSSR count). The fraction of sp³-hybridized carbons (Fsp3) is 0.906. The topological polar surface area (TPSA) is 349 Å². The minimum absolute atomic E-state index is 0.145. The number of carbonyl (C=O) groups is 8. The van der Waals surface area contributed by atoms with Crippen LogP contribution < -0.4 is 0 Å². The predicted molar refractivity (Wildman–Crippen MR) is 488 cm³/mol. The second kappa shape index (κ2) is 80.7. The van der Waals surface area contributed by atoms with Crippen LogP contribution in [0.2, 0.25) is 52.4 Å². The van der Waals surface area contributed by atoms with Crippen molar-refractivity contribution in [1.29, 1.82) is 0 Å². The molecule has 0 aliphatic carbocycles. The molecular formula is C85H174O31Si7. The highest BCUT2D eigenvalue weighted by atomic mass is 28.5. The Morgan fingerprint density at radius 2 is 0.341 bits per heavy atom. The highest BCUT2D eigenvalue weighted by molar-refractivity contribution is 6.86. The summed E-state index contributed by atoms with van der Waals surface area (Å²) < 4.78 is 135. The normalized spacial score (nSPS) is 13.6. The van der Waals surface area contributed by atoms with Crippen LogP contribution in [0.3, 0.4) is 0 Å². The average Bonchev–Trinajstić information content (AvgIpc) is 0.783. The molecule has 0 aromatic rings. The largest absolute Gasteiger partial charge is 0.496 e. The third-order valence-electron chi connectivity index (χ3n) is 18.1. The van der Waals surface area contributed by atoms with Gasteiger partial charge in [0.2, 0.25) is 0 Å². The Morgan fingerprint density at radius 3 is 0.528 bits per heavy atom. The van der Waals surface area contributed by atoms with Crippen LogP contribution in [-0.2, 0) is 141 Å². The Kier molecular flexibility index (Phi) is 81.3. The number of unbranched alkanes of at least 4 members (excludes halogenated alkanes) is 18. The van der Waals surface area contributed by atoms with Crippen molar-refractivity contribution in [1.82, 2.24) is 0 Å². The molecule has 728 valence electrons. The second-order valence-electron chi connectivity index (χ2n) is 31.2. The first-order valence-corrected chi connectivity index (χ1v) is 62.8. The van der Waals surface area contributed by atoms with Gasteiger partial charge in [0.25, 0.3) is 0 Å². The summed E-state index contributed by atoms with van der Waals surface area (Å²) in [5.74, 6) is -1.83. The van der Waals surface area contributed by atoms with Crippen molar-refractivity contribution >= 4 is 109 Å². The number of hydrogen-bond acceptors (Lipinski definition) is 31. The fourth-order valence-corrected chi connectivity index (χ4v) is 35.1. The van der Waals surface area contributed by atoms with Crippen molar-refractivity contribution in [3.63, 3.8) is 0 Å². The van der Waals surface area contributed by atoms with Crippen LogP contribution in [0, 0.1) is 0 Å². The van der Waals surface area contributed by atoms with Crippen LogP contribution in [-0.4, -0.2) is 230 Å². The standard InChI is InChI=1S/C53H92O16.C28H70O12Si6.C4H12O3Si/c1-3-5-7-15-30-47(55)63-39-24-9-17-32-49(57)65-41-26-11-19-34-51(59)67-43-28-13-21-36-53(61)69-45-29-14-22-37-52(60)68-44-27-12-20-35-50(58)66-42-25-10-18-33-48(56)64-40-23-8-16-31-46(54)62-38-6-4-2;1-15-22-29-41(8,9)36-43(11,32-25-18-4)38-45(13,34-27-20-6)40-46(14,35-28-21-7)39-44(12,33-26-19-5)37-42(10,30-23-16-2)31-24-17-3;1-5-8(4,6-2)7-3/h3-45H2,1-2H3;15-28H2,1-14H3;1-4H3. The molecule has 0 heterocycles. The molecule has 0 amide bonds. The smallest absolute Gasteiger partial charge is 0.466 e. The van der Waals surface area contributed by atoms with E-state index in [2.05, 4.69) is 34.6 Å². The van der Waals surface area contributed by atoms with E-state index in [1.165, 1.54) is 0 Å². The van der Waals surface area contributed by atoms with E-state index in [1.54, 1.807) is 21.3 Å². The Hall–Kier alpha value is -3.32. The van der Waals surface area contributed by atoms with Crippen molar-refractivity contribution in [3.05, 3.63) is 0 Å². The van der Waals surface area contributed by atoms with Gasteiger partial charge >= 0.3 is 109 Å². The van der Waals surface area contributed by atoms with Crippen LogP contribution in [0.25, 0.3) is 0 Å². The molecule has 0 aromatic carbocycles. The van der Waals surface area contributed by atoms with Gasteiger partial charge < -0.3 is 103 Å². The Morgan fingerprint density at radius 1 is 0.171 bits per heavy atom. The lowest BCUT2D eigenvalue weighted by Crippen LogP contribution is -2.67.